The van der Waals surface area contributed by atoms with Gasteiger partial charge in [0, 0.05) is 18.0 Å². The van der Waals surface area contributed by atoms with Gasteiger partial charge in [-0.3, -0.25) is 0 Å². The minimum Gasteiger partial charge on any atom is -0.377 e. The van der Waals surface area contributed by atoms with Crippen LogP contribution in [-0.2, 0) is 4.74 Å². The molecule has 21 heavy (non-hydrogen) atoms. The summed E-state index contributed by atoms with van der Waals surface area (Å²) in [6.45, 7) is 11.7. The molecule has 1 N–H and O–H groups in total. The van der Waals surface area contributed by atoms with Crippen LogP contribution in [0.4, 0.5) is 11.8 Å². The lowest BCUT2D eigenvalue weighted by atomic mass is 10.0. The van der Waals surface area contributed by atoms with Crippen molar-refractivity contribution in [1.82, 2.24) is 9.97 Å². The van der Waals surface area contributed by atoms with Crippen molar-refractivity contribution < 1.29 is 4.74 Å². The predicted molar refractivity (Wildman–Crippen MR) is 88.6 cm³/mol. The molecule has 0 atom stereocenters. The number of thiophene rings is 1. The number of aryl methyl sites for hydroxylation is 1. The molecule has 1 aliphatic heterocycles. The highest BCUT2D eigenvalue weighted by Gasteiger charge is 2.33. The van der Waals surface area contributed by atoms with Gasteiger partial charge in [-0.05, 0) is 33.8 Å². The van der Waals surface area contributed by atoms with Crippen LogP contribution in [0.15, 0.2) is 6.07 Å². The van der Waals surface area contributed by atoms with Crippen LogP contribution in [0.1, 0.15) is 25.6 Å². The molecular weight excluding hydrogens is 284 g/mol. The molecule has 1 fully saturated rings. The summed E-state index contributed by atoms with van der Waals surface area (Å²) in [6, 6.07) is 2.19. The Morgan fingerprint density at radius 3 is 2.95 bits per heavy atom. The van der Waals surface area contributed by atoms with E-state index in [9.17, 15) is 0 Å². The number of rotatable bonds is 3. The molecular formula is C15H22N4OS. The lowest BCUT2D eigenvalue weighted by Crippen LogP contribution is -2.53. The van der Waals surface area contributed by atoms with Crippen molar-refractivity contribution in [3.8, 4) is 0 Å². The van der Waals surface area contributed by atoms with Gasteiger partial charge in [0.1, 0.15) is 10.6 Å². The van der Waals surface area contributed by atoms with E-state index in [1.807, 2.05) is 0 Å². The van der Waals surface area contributed by atoms with Gasteiger partial charge in [-0.25, -0.2) is 4.98 Å². The molecule has 2 aromatic rings. The number of hydrogen-bond acceptors (Lipinski definition) is 6. The number of anilines is 2. The topological polar surface area (TPSA) is 50.3 Å². The zero-order valence-electron chi connectivity index (χ0n) is 13.1. The van der Waals surface area contributed by atoms with Crippen LogP contribution < -0.4 is 10.2 Å². The van der Waals surface area contributed by atoms with E-state index in [2.05, 4.69) is 49.0 Å². The Bertz CT molecular complexity index is 652. The fourth-order valence-electron chi connectivity index (χ4n) is 2.72. The van der Waals surface area contributed by atoms with E-state index < -0.39 is 0 Å². The van der Waals surface area contributed by atoms with Crippen LogP contribution in [0.5, 0.6) is 0 Å². The largest absolute Gasteiger partial charge is 0.377 e. The zero-order chi connectivity index (χ0) is 15.0. The highest BCUT2D eigenvalue weighted by Crippen LogP contribution is 2.35. The lowest BCUT2D eigenvalue weighted by molar-refractivity contribution is 0.0641. The van der Waals surface area contributed by atoms with Gasteiger partial charge < -0.3 is 15.0 Å². The van der Waals surface area contributed by atoms with E-state index in [1.54, 1.807) is 11.3 Å². The molecule has 1 saturated heterocycles. The van der Waals surface area contributed by atoms with Gasteiger partial charge in [0.25, 0.3) is 0 Å². The van der Waals surface area contributed by atoms with Crippen molar-refractivity contribution in [3.05, 3.63) is 10.9 Å². The summed E-state index contributed by atoms with van der Waals surface area (Å²) in [5, 5.41) is 4.39. The molecule has 0 unspecified atom stereocenters. The molecule has 0 saturated carbocycles. The van der Waals surface area contributed by atoms with Crippen LogP contribution in [0, 0.1) is 6.92 Å². The van der Waals surface area contributed by atoms with Crippen molar-refractivity contribution >= 4 is 33.3 Å². The number of ether oxygens (including phenoxy) is 1. The maximum absolute atomic E-state index is 5.63. The molecule has 3 rings (SSSR count). The first kappa shape index (κ1) is 14.5. The summed E-state index contributed by atoms with van der Waals surface area (Å²) in [7, 11) is 0. The quantitative estimate of drug-likeness (QED) is 0.944. The molecule has 0 aromatic carbocycles. The average molecular weight is 306 g/mol. The van der Waals surface area contributed by atoms with E-state index in [0.717, 1.165) is 42.3 Å². The Morgan fingerprint density at radius 1 is 1.43 bits per heavy atom. The Labute approximate surface area is 129 Å². The number of morpholine rings is 1. The van der Waals surface area contributed by atoms with Crippen molar-refractivity contribution in [1.29, 1.82) is 0 Å². The number of nitrogens with zero attached hydrogens (tertiary/aromatic N) is 3. The molecule has 2 aromatic heterocycles. The third-order valence-corrected chi connectivity index (χ3v) is 4.68. The first-order valence-electron chi connectivity index (χ1n) is 7.39. The average Bonchev–Trinajstić information content (AvgIpc) is 2.78. The zero-order valence-corrected chi connectivity index (χ0v) is 13.9. The van der Waals surface area contributed by atoms with Crippen LogP contribution >= 0.6 is 11.3 Å². The SMILES string of the molecule is CCNc1nc(N2CCOCC2(C)C)c2cc(C)sc2n1. The van der Waals surface area contributed by atoms with Gasteiger partial charge in [0.05, 0.1) is 24.1 Å². The number of hydrogen-bond donors (Lipinski definition) is 1. The maximum atomic E-state index is 5.63. The smallest absolute Gasteiger partial charge is 0.226 e. The molecule has 0 spiro atoms. The second kappa shape index (κ2) is 5.42. The van der Waals surface area contributed by atoms with Gasteiger partial charge in [-0.2, -0.15) is 4.98 Å². The third kappa shape index (κ3) is 2.70. The third-order valence-electron chi connectivity index (χ3n) is 3.73. The summed E-state index contributed by atoms with van der Waals surface area (Å²) >= 11 is 1.72. The molecule has 6 heteroatoms. The first-order chi connectivity index (χ1) is 10.0. The van der Waals surface area contributed by atoms with E-state index in [-0.39, 0.29) is 5.54 Å². The van der Waals surface area contributed by atoms with E-state index in [0.29, 0.717) is 5.95 Å². The van der Waals surface area contributed by atoms with Crippen molar-refractivity contribution in [3.63, 3.8) is 0 Å². The number of aromatic nitrogens is 2. The van der Waals surface area contributed by atoms with Crippen LogP contribution in [0.2, 0.25) is 0 Å². The van der Waals surface area contributed by atoms with Gasteiger partial charge in [-0.15, -0.1) is 11.3 Å². The summed E-state index contributed by atoms with van der Waals surface area (Å²) in [6.07, 6.45) is 0. The van der Waals surface area contributed by atoms with Crippen molar-refractivity contribution in [2.75, 3.05) is 36.5 Å². The standard InChI is InChI=1S/C15H22N4OS/c1-5-16-14-17-12(11-8-10(2)21-13(11)18-14)19-6-7-20-9-15(19,3)4/h8H,5-7,9H2,1-4H3,(H,16,17,18). The minimum atomic E-state index is -0.0567. The van der Waals surface area contributed by atoms with E-state index in [4.69, 9.17) is 9.72 Å². The normalized spacial score (nSPS) is 18.2. The molecule has 0 bridgehead atoms. The Balaban J connectivity index is 2.14. The van der Waals surface area contributed by atoms with Crippen molar-refractivity contribution in [2.24, 2.45) is 0 Å². The van der Waals surface area contributed by atoms with Crippen LogP contribution in [0.3, 0.4) is 0 Å². The van der Waals surface area contributed by atoms with E-state index in [1.165, 1.54) is 4.88 Å². The fraction of sp³-hybridized carbons (Fsp3) is 0.600. The molecule has 3 heterocycles. The van der Waals surface area contributed by atoms with Crippen LogP contribution in [0.25, 0.3) is 10.2 Å². The Hall–Kier alpha value is -1.40. The highest BCUT2D eigenvalue weighted by molar-refractivity contribution is 7.18. The molecule has 1 aliphatic rings. The summed E-state index contributed by atoms with van der Waals surface area (Å²) < 4.78 is 5.63. The summed E-state index contributed by atoms with van der Waals surface area (Å²) in [4.78, 5) is 14.1. The Morgan fingerprint density at radius 2 is 2.24 bits per heavy atom. The van der Waals surface area contributed by atoms with Gasteiger partial charge in [0.15, 0.2) is 0 Å². The fourth-order valence-corrected chi connectivity index (χ4v) is 3.59. The second-order valence-electron chi connectivity index (χ2n) is 5.99. The molecule has 0 radical (unpaired) electrons. The summed E-state index contributed by atoms with van der Waals surface area (Å²) in [5.41, 5.74) is -0.0567. The molecule has 114 valence electrons. The van der Waals surface area contributed by atoms with Gasteiger partial charge in [0.2, 0.25) is 5.95 Å². The maximum Gasteiger partial charge on any atom is 0.226 e. The molecule has 0 aliphatic carbocycles. The first-order valence-corrected chi connectivity index (χ1v) is 8.20. The van der Waals surface area contributed by atoms with E-state index >= 15 is 0 Å². The summed E-state index contributed by atoms with van der Waals surface area (Å²) in [5.74, 6) is 1.73. The van der Waals surface area contributed by atoms with Crippen LogP contribution in [-0.4, -0.2) is 41.8 Å². The van der Waals surface area contributed by atoms with Gasteiger partial charge in [-0.1, -0.05) is 0 Å². The van der Waals surface area contributed by atoms with Gasteiger partial charge >= 0.3 is 0 Å². The second-order valence-corrected chi connectivity index (χ2v) is 7.23. The van der Waals surface area contributed by atoms with Crippen molar-refractivity contribution in [2.45, 2.75) is 33.2 Å². The monoisotopic (exact) mass is 306 g/mol. The predicted octanol–water partition coefficient (Wildman–Crippen LogP) is 3.05. The number of nitrogens with one attached hydrogen (secondary N) is 1. The number of fused-ring (bicyclic) bond motifs is 1. The molecule has 5 nitrogen and oxygen atoms in total. The lowest BCUT2D eigenvalue weighted by Gasteiger charge is -2.43. The molecule has 0 amide bonds. The minimum absolute atomic E-state index is 0.0567. The highest BCUT2D eigenvalue weighted by atomic mass is 32.1. The Kier molecular flexibility index (Phi) is 3.75.